The molecule has 3 nitrogen and oxygen atoms in total. The quantitative estimate of drug-likeness (QED) is 0.860. The average Bonchev–Trinajstić information content (AvgIpc) is 2.53. The molecule has 4 aliphatic rings. The Morgan fingerprint density at radius 1 is 1.13 bits per heavy atom. The van der Waals surface area contributed by atoms with Gasteiger partial charge in [0.2, 0.25) is 5.91 Å². The van der Waals surface area contributed by atoms with Gasteiger partial charge in [0, 0.05) is 0 Å². The second-order valence-electron chi connectivity index (χ2n) is 8.00. The molecule has 0 heterocycles. The van der Waals surface area contributed by atoms with Crippen LogP contribution < -0.4 is 10.1 Å². The van der Waals surface area contributed by atoms with Crippen LogP contribution in [0.3, 0.4) is 0 Å². The first-order valence-corrected chi connectivity index (χ1v) is 9.22. The van der Waals surface area contributed by atoms with Gasteiger partial charge in [-0.25, -0.2) is 0 Å². The standard InChI is InChI=1S/C20H27NO2/c1-2-7-23-18-6-4-3-5-17(18)21-19(22)20-11-14-8-15(12-20)10-16(9-14)13-20/h3-6,14-16H,2,7-13H2,1H3,(H,21,22). The molecule has 3 heteroatoms. The van der Waals surface area contributed by atoms with Crippen LogP contribution in [-0.2, 0) is 4.79 Å². The number of benzene rings is 1. The lowest BCUT2D eigenvalue weighted by Gasteiger charge is -2.55. The highest BCUT2D eigenvalue weighted by Gasteiger charge is 2.54. The molecule has 5 rings (SSSR count). The van der Waals surface area contributed by atoms with E-state index in [-0.39, 0.29) is 11.3 Å². The topological polar surface area (TPSA) is 38.3 Å². The number of amides is 1. The Morgan fingerprint density at radius 3 is 2.35 bits per heavy atom. The number of nitrogens with one attached hydrogen (secondary N) is 1. The second kappa shape index (κ2) is 5.85. The Morgan fingerprint density at radius 2 is 1.74 bits per heavy atom. The van der Waals surface area contributed by atoms with Gasteiger partial charge in [0.1, 0.15) is 5.75 Å². The molecule has 0 aromatic heterocycles. The second-order valence-corrected chi connectivity index (χ2v) is 8.00. The molecule has 0 radical (unpaired) electrons. The smallest absolute Gasteiger partial charge is 0.230 e. The van der Waals surface area contributed by atoms with Crippen molar-refractivity contribution in [2.24, 2.45) is 23.2 Å². The van der Waals surface area contributed by atoms with Gasteiger partial charge in [-0.15, -0.1) is 0 Å². The largest absolute Gasteiger partial charge is 0.491 e. The molecule has 1 aromatic carbocycles. The molecule has 23 heavy (non-hydrogen) atoms. The van der Waals surface area contributed by atoms with Crippen molar-refractivity contribution >= 4 is 11.6 Å². The molecule has 4 saturated carbocycles. The van der Waals surface area contributed by atoms with Crippen molar-refractivity contribution in [2.75, 3.05) is 11.9 Å². The summed E-state index contributed by atoms with van der Waals surface area (Å²) >= 11 is 0. The van der Waals surface area contributed by atoms with E-state index in [1.165, 1.54) is 19.3 Å². The van der Waals surface area contributed by atoms with Crippen LogP contribution >= 0.6 is 0 Å². The first-order chi connectivity index (χ1) is 11.2. The summed E-state index contributed by atoms with van der Waals surface area (Å²) in [6.07, 6.45) is 8.36. The predicted octanol–water partition coefficient (Wildman–Crippen LogP) is 4.63. The zero-order valence-electron chi connectivity index (χ0n) is 14.0. The fourth-order valence-corrected chi connectivity index (χ4v) is 5.55. The molecule has 0 unspecified atom stereocenters. The van der Waals surface area contributed by atoms with Crippen molar-refractivity contribution in [1.82, 2.24) is 0 Å². The van der Waals surface area contributed by atoms with Crippen molar-refractivity contribution in [2.45, 2.75) is 51.9 Å². The van der Waals surface area contributed by atoms with E-state index in [1.54, 1.807) is 0 Å². The zero-order valence-corrected chi connectivity index (χ0v) is 14.0. The lowest BCUT2D eigenvalue weighted by Crippen LogP contribution is -2.51. The van der Waals surface area contributed by atoms with Crippen molar-refractivity contribution in [3.63, 3.8) is 0 Å². The number of rotatable bonds is 5. The monoisotopic (exact) mass is 313 g/mol. The molecule has 1 aromatic rings. The Kier molecular flexibility index (Phi) is 3.82. The number of hydrogen-bond acceptors (Lipinski definition) is 2. The van der Waals surface area contributed by atoms with E-state index >= 15 is 0 Å². The van der Waals surface area contributed by atoms with E-state index in [4.69, 9.17) is 4.74 Å². The fraction of sp³-hybridized carbons (Fsp3) is 0.650. The zero-order chi connectivity index (χ0) is 15.9. The summed E-state index contributed by atoms with van der Waals surface area (Å²) in [5, 5.41) is 3.21. The minimum absolute atomic E-state index is 0.105. The molecule has 1 N–H and O–H groups in total. The minimum atomic E-state index is -0.105. The van der Waals surface area contributed by atoms with Gasteiger partial charge in [0.25, 0.3) is 0 Å². The summed E-state index contributed by atoms with van der Waals surface area (Å²) in [5.41, 5.74) is 0.730. The van der Waals surface area contributed by atoms with Crippen molar-refractivity contribution in [3.05, 3.63) is 24.3 Å². The first kappa shape index (κ1) is 15.0. The van der Waals surface area contributed by atoms with Gasteiger partial charge < -0.3 is 10.1 Å². The van der Waals surface area contributed by atoms with E-state index in [1.807, 2.05) is 24.3 Å². The molecular formula is C20H27NO2. The molecular weight excluding hydrogens is 286 g/mol. The summed E-state index contributed by atoms with van der Waals surface area (Å²) in [4.78, 5) is 13.1. The maximum absolute atomic E-state index is 13.1. The van der Waals surface area contributed by atoms with E-state index < -0.39 is 0 Å². The third-order valence-electron chi connectivity index (χ3n) is 6.12. The highest BCUT2D eigenvalue weighted by atomic mass is 16.5. The van der Waals surface area contributed by atoms with Crippen LogP contribution in [0.25, 0.3) is 0 Å². The third kappa shape index (κ3) is 2.75. The normalized spacial score (nSPS) is 34.4. The molecule has 124 valence electrons. The number of anilines is 1. The van der Waals surface area contributed by atoms with Crippen molar-refractivity contribution < 1.29 is 9.53 Å². The number of carbonyl (C=O) groups excluding carboxylic acids is 1. The molecule has 0 atom stereocenters. The molecule has 0 spiro atoms. The average molecular weight is 313 g/mol. The Bertz CT molecular complexity index is 560. The van der Waals surface area contributed by atoms with E-state index in [0.717, 1.165) is 54.9 Å². The SMILES string of the molecule is CCCOc1ccccc1NC(=O)C12CC3CC(CC(C3)C1)C2. The third-order valence-corrected chi connectivity index (χ3v) is 6.12. The van der Waals surface area contributed by atoms with Crippen LogP contribution in [0, 0.1) is 23.2 Å². The maximum atomic E-state index is 13.1. The van der Waals surface area contributed by atoms with Crippen LogP contribution in [0.1, 0.15) is 51.9 Å². The summed E-state index contributed by atoms with van der Waals surface area (Å²) in [5.74, 6) is 3.41. The molecule has 4 fully saturated rings. The van der Waals surface area contributed by atoms with Gasteiger partial charge in [-0.3, -0.25) is 4.79 Å². The highest BCUT2D eigenvalue weighted by Crippen LogP contribution is 2.60. The van der Waals surface area contributed by atoms with Gasteiger partial charge in [-0.1, -0.05) is 19.1 Å². The summed E-state index contributed by atoms with van der Waals surface area (Å²) in [6, 6.07) is 7.84. The van der Waals surface area contributed by atoms with E-state index in [2.05, 4.69) is 12.2 Å². The lowest BCUT2D eigenvalue weighted by atomic mass is 9.49. The lowest BCUT2D eigenvalue weighted by molar-refractivity contribution is -0.140. The van der Waals surface area contributed by atoms with Crippen molar-refractivity contribution in [1.29, 1.82) is 0 Å². The highest BCUT2D eigenvalue weighted by molar-refractivity contribution is 5.96. The van der Waals surface area contributed by atoms with Gasteiger partial charge in [0.05, 0.1) is 17.7 Å². The van der Waals surface area contributed by atoms with Gasteiger partial charge in [-0.2, -0.15) is 0 Å². The molecule has 0 aliphatic heterocycles. The van der Waals surface area contributed by atoms with Gasteiger partial charge >= 0.3 is 0 Å². The van der Waals surface area contributed by atoms with Gasteiger partial charge in [0.15, 0.2) is 0 Å². The van der Waals surface area contributed by atoms with Crippen LogP contribution in [-0.4, -0.2) is 12.5 Å². The Hall–Kier alpha value is -1.51. The maximum Gasteiger partial charge on any atom is 0.230 e. The molecule has 0 saturated heterocycles. The van der Waals surface area contributed by atoms with Crippen LogP contribution in [0.15, 0.2) is 24.3 Å². The van der Waals surface area contributed by atoms with Crippen molar-refractivity contribution in [3.8, 4) is 5.75 Å². The number of carbonyl (C=O) groups is 1. The Labute approximate surface area is 138 Å². The molecule has 4 aliphatic carbocycles. The van der Waals surface area contributed by atoms with Crippen LogP contribution in [0.2, 0.25) is 0 Å². The summed E-state index contributed by atoms with van der Waals surface area (Å²) < 4.78 is 5.79. The molecule has 4 bridgehead atoms. The van der Waals surface area contributed by atoms with Gasteiger partial charge in [-0.05, 0) is 74.8 Å². The minimum Gasteiger partial charge on any atom is -0.491 e. The van der Waals surface area contributed by atoms with Crippen LogP contribution in [0.5, 0.6) is 5.75 Å². The number of hydrogen-bond donors (Lipinski definition) is 1. The number of ether oxygens (including phenoxy) is 1. The Balaban J connectivity index is 1.52. The van der Waals surface area contributed by atoms with E-state index in [9.17, 15) is 4.79 Å². The fourth-order valence-electron chi connectivity index (χ4n) is 5.55. The predicted molar refractivity (Wildman–Crippen MR) is 91.5 cm³/mol. The summed E-state index contributed by atoms with van der Waals surface area (Å²) in [7, 11) is 0. The van der Waals surface area contributed by atoms with Crippen LogP contribution in [0.4, 0.5) is 5.69 Å². The first-order valence-electron chi connectivity index (χ1n) is 9.22. The van der Waals surface area contributed by atoms with E-state index in [0.29, 0.717) is 6.61 Å². The molecule has 1 amide bonds. The number of para-hydroxylation sites is 2. The summed E-state index contributed by atoms with van der Waals surface area (Å²) in [6.45, 7) is 2.78.